The second-order valence-corrected chi connectivity index (χ2v) is 7.34. The summed E-state index contributed by atoms with van der Waals surface area (Å²) >= 11 is 1.56. The minimum Gasteiger partial charge on any atom is -0.394 e. The molecule has 0 radical (unpaired) electrons. The molecule has 0 aliphatic rings. The van der Waals surface area contributed by atoms with Gasteiger partial charge in [-0.25, -0.2) is 4.98 Å². The smallest absolute Gasteiger partial charge is 0.251 e. The minimum absolute atomic E-state index is 0.0931. The van der Waals surface area contributed by atoms with E-state index in [0.29, 0.717) is 5.56 Å². The molecule has 1 aromatic heterocycles. The van der Waals surface area contributed by atoms with Crippen LogP contribution in [0.2, 0.25) is 0 Å². The van der Waals surface area contributed by atoms with Crippen LogP contribution in [0, 0.1) is 13.8 Å². The van der Waals surface area contributed by atoms with Crippen LogP contribution in [0.1, 0.15) is 28.5 Å². The normalized spacial score (nSPS) is 12.0. The third-order valence-corrected chi connectivity index (χ3v) is 5.22. The van der Waals surface area contributed by atoms with Crippen LogP contribution >= 0.6 is 11.3 Å². The third-order valence-electron chi connectivity index (χ3n) is 4.24. The largest absolute Gasteiger partial charge is 0.394 e. The van der Waals surface area contributed by atoms with Gasteiger partial charge in [0, 0.05) is 11.6 Å². The van der Waals surface area contributed by atoms with E-state index in [1.807, 2.05) is 24.6 Å². The van der Waals surface area contributed by atoms with E-state index in [2.05, 4.69) is 47.6 Å². The lowest BCUT2D eigenvalue weighted by Crippen LogP contribution is -2.35. The first-order chi connectivity index (χ1) is 12.5. The van der Waals surface area contributed by atoms with Crippen molar-refractivity contribution in [3.05, 3.63) is 64.8 Å². The number of aliphatic hydroxyl groups excluding tert-OH is 1. The zero-order chi connectivity index (χ0) is 18.7. The average Bonchev–Trinajstić information content (AvgIpc) is 3.07. The zero-order valence-electron chi connectivity index (χ0n) is 15.1. The van der Waals surface area contributed by atoms with Gasteiger partial charge in [0.2, 0.25) is 0 Å². The van der Waals surface area contributed by atoms with Crippen molar-refractivity contribution < 1.29 is 9.90 Å². The van der Waals surface area contributed by atoms with E-state index in [1.54, 1.807) is 18.3 Å². The minimum atomic E-state index is -0.292. The summed E-state index contributed by atoms with van der Waals surface area (Å²) in [5.74, 6) is -0.191. The highest BCUT2D eigenvalue weighted by Crippen LogP contribution is 2.32. The van der Waals surface area contributed by atoms with Gasteiger partial charge in [-0.05, 0) is 55.7 Å². The predicted octanol–water partition coefficient (Wildman–Crippen LogP) is 4.20. The molecule has 4 nitrogen and oxygen atoms in total. The molecule has 26 heavy (non-hydrogen) atoms. The molecule has 0 aliphatic heterocycles. The highest BCUT2D eigenvalue weighted by Gasteiger charge is 2.14. The first-order valence-electron chi connectivity index (χ1n) is 8.52. The molecule has 0 aliphatic carbocycles. The Bertz CT molecular complexity index is 916. The summed E-state index contributed by atoms with van der Waals surface area (Å²) in [7, 11) is 0. The maximum atomic E-state index is 12.6. The van der Waals surface area contributed by atoms with E-state index in [0.717, 1.165) is 27.3 Å². The van der Waals surface area contributed by atoms with Gasteiger partial charge < -0.3 is 10.4 Å². The molecule has 1 amide bonds. The number of carbonyl (C=O) groups excluding carboxylic acids is 1. The predicted molar refractivity (Wildman–Crippen MR) is 106 cm³/mol. The van der Waals surface area contributed by atoms with Crippen molar-refractivity contribution in [1.82, 2.24) is 10.3 Å². The molecule has 0 saturated heterocycles. The van der Waals surface area contributed by atoms with Crippen molar-refractivity contribution in [3.8, 4) is 21.6 Å². The number of aromatic nitrogens is 1. The van der Waals surface area contributed by atoms with E-state index in [1.165, 1.54) is 5.56 Å². The van der Waals surface area contributed by atoms with Gasteiger partial charge in [-0.1, -0.05) is 29.8 Å². The van der Waals surface area contributed by atoms with Crippen LogP contribution in [0.3, 0.4) is 0 Å². The third kappa shape index (κ3) is 4.00. The lowest BCUT2D eigenvalue weighted by Gasteiger charge is -2.13. The maximum Gasteiger partial charge on any atom is 0.251 e. The van der Waals surface area contributed by atoms with Gasteiger partial charge in [-0.15, -0.1) is 11.3 Å². The zero-order valence-corrected chi connectivity index (χ0v) is 15.9. The number of hydrogen-bond acceptors (Lipinski definition) is 4. The molecule has 0 spiro atoms. The van der Waals surface area contributed by atoms with Crippen LogP contribution in [0.4, 0.5) is 0 Å². The number of rotatable bonds is 5. The molecule has 2 N–H and O–H groups in total. The Labute approximate surface area is 157 Å². The Morgan fingerprint density at radius 3 is 2.42 bits per heavy atom. The van der Waals surface area contributed by atoms with E-state index in [4.69, 9.17) is 0 Å². The van der Waals surface area contributed by atoms with Gasteiger partial charge in [-0.3, -0.25) is 4.79 Å². The standard InChI is InChI=1S/C21H22N2O2S/c1-13-4-6-16(7-5-13)17-8-18(20-15(3)22-12-26-20)10-19(9-17)21(25)23-14(2)11-24/h4-10,12,14,24H,11H2,1-3H3,(H,23,25)/t14-/m0/s1. The van der Waals surface area contributed by atoms with E-state index in [9.17, 15) is 9.90 Å². The van der Waals surface area contributed by atoms with E-state index in [-0.39, 0.29) is 18.6 Å². The van der Waals surface area contributed by atoms with E-state index < -0.39 is 0 Å². The summed E-state index contributed by atoms with van der Waals surface area (Å²) in [6.45, 7) is 5.70. The number of thiazole rings is 1. The molecule has 0 fully saturated rings. The number of nitrogens with one attached hydrogen (secondary N) is 1. The fraction of sp³-hybridized carbons (Fsp3) is 0.238. The Morgan fingerprint density at radius 2 is 1.81 bits per heavy atom. The summed E-state index contributed by atoms with van der Waals surface area (Å²) in [5.41, 5.74) is 7.55. The molecule has 3 aromatic rings. The quantitative estimate of drug-likeness (QED) is 0.711. The highest BCUT2D eigenvalue weighted by atomic mass is 32.1. The van der Waals surface area contributed by atoms with Gasteiger partial charge >= 0.3 is 0 Å². The van der Waals surface area contributed by atoms with Crippen LogP contribution in [-0.2, 0) is 0 Å². The summed E-state index contributed by atoms with van der Waals surface area (Å²) in [5, 5.41) is 12.0. The van der Waals surface area contributed by atoms with Crippen LogP contribution in [0.25, 0.3) is 21.6 Å². The van der Waals surface area contributed by atoms with Gasteiger partial charge in [-0.2, -0.15) is 0 Å². The molecule has 1 atom stereocenters. The Kier molecular flexibility index (Phi) is 5.49. The van der Waals surface area contributed by atoms with Crippen molar-refractivity contribution in [2.45, 2.75) is 26.8 Å². The molecule has 0 bridgehead atoms. The SMILES string of the molecule is Cc1ccc(-c2cc(C(=O)N[C@@H](C)CO)cc(-c3scnc3C)c2)cc1. The van der Waals surface area contributed by atoms with Crippen molar-refractivity contribution in [1.29, 1.82) is 0 Å². The Balaban J connectivity index is 2.09. The second-order valence-electron chi connectivity index (χ2n) is 6.49. The van der Waals surface area contributed by atoms with Crippen molar-refractivity contribution in [2.75, 3.05) is 6.61 Å². The van der Waals surface area contributed by atoms with Gasteiger partial charge in [0.1, 0.15) is 0 Å². The van der Waals surface area contributed by atoms with Crippen molar-refractivity contribution in [2.24, 2.45) is 0 Å². The monoisotopic (exact) mass is 366 g/mol. The van der Waals surface area contributed by atoms with Crippen LogP contribution < -0.4 is 5.32 Å². The molecule has 0 saturated carbocycles. The molecular weight excluding hydrogens is 344 g/mol. The van der Waals surface area contributed by atoms with Gasteiger partial charge in [0.15, 0.2) is 0 Å². The molecular formula is C21H22N2O2S. The number of aryl methyl sites for hydroxylation is 2. The summed E-state index contributed by atoms with van der Waals surface area (Å²) in [4.78, 5) is 18.0. The van der Waals surface area contributed by atoms with Gasteiger partial charge in [0.25, 0.3) is 5.91 Å². The topological polar surface area (TPSA) is 62.2 Å². The van der Waals surface area contributed by atoms with Crippen LogP contribution in [0.5, 0.6) is 0 Å². The maximum absolute atomic E-state index is 12.6. The Morgan fingerprint density at radius 1 is 1.12 bits per heavy atom. The molecule has 3 rings (SSSR count). The summed E-state index contributed by atoms with van der Waals surface area (Å²) < 4.78 is 0. The number of hydrogen-bond donors (Lipinski definition) is 2. The highest BCUT2D eigenvalue weighted by molar-refractivity contribution is 7.13. The van der Waals surface area contributed by atoms with E-state index >= 15 is 0 Å². The number of carbonyl (C=O) groups is 1. The first kappa shape index (κ1) is 18.3. The lowest BCUT2D eigenvalue weighted by atomic mass is 9.97. The number of aliphatic hydroxyl groups is 1. The molecule has 1 heterocycles. The lowest BCUT2D eigenvalue weighted by molar-refractivity contribution is 0.0922. The second kappa shape index (κ2) is 7.81. The molecule has 5 heteroatoms. The summed E-state index contributed by atoms with van der Waals surface area (Å²) in [6, 6.07) is 13.8. The van der Waals surface area contributed by atoms with Crippen molar-refractivity contribution in [3.63, 3.8) is 0 Å². The molecule has 134 valence electrons. The Hall–Kier alpha value is -2.50. The average molecular weight is 366 g/mol. The fourth-order valence-corrected chi connectivity index (χ4v) is 3.53. The van der Waals surface area contributed by atoms with Crippen LogP contribution in [0.15, 0.2) is 48.0 Å². The molecule has 2 aromatic carbocycles. The number of nitrogens with zero attached hydrogens (tertiary/aromatic N) is 1. The summed E-state index contributed by atoms with van der Waals surface area (Å²) in [6.07, 6.45) is 0. The number of benzene rings is 2. The van der Waals surface area contributed by atoms with Crippen molar-refractivity contribution >= 4 is 17.2 Å². The first-order valence-corrected chi connectivity index (χ1v) is 9.40. The fourth-order valence-electron chi connectivity index (χ4n) is 2.73. The molecule has 0 unspecified atom stereocenters. The van der Waals surface area contributed by atoms with Crippen LogP contribution in [-0.4, -0.2) is 28.6 Å². The van der Waals surface area contributed by atoms with Gasteiger partial charge in [0.05, 0.1) is 22.7 Å². The number of amides is 1.